The molecule has 0 amide bonds. The van der Waals surface area contributed by atoms with Crippen LogP contribution in [0.25, 0.3) is 0 Å². The summed E-state index contributed by atoms with van der Waals surface area (Å²) in [6.07, 6.45) is 15.0. The first-order valence-corrected chi connectivity index (χ1v) is 12.7. The molecule has 0 aliphatic heterocycles. The van der Waals surface area contributed by atoms with Crippen LogP contribution in [0.1, 0.15) is 97.0 Å². The molecular formula is C23H42NdO3P-. The minimum atomic E-state index is -3.78. The fourth-order valence-electron chi connectivity index (χ4n) is 3.13. The molecule has 1 aromatic carbocycles. The van der Waals surface area contributed by atoms with Crippen LogP contribution in [0.15, 0.2) is 24.3 Å². The maximum atomic E-state index is 10.7. The van der Waals surface area contributed by atoms with Crippen molar-refractivity contribution in [2.75, 3.05) is 6.16 Å². The monoisotopic (exact) mass is 539 g/mol. The van der Waals surface area contributed by atoms with Gasteiger partial charge < -0.3 is 9.79 Å². The first kappa shape index (κ1) is 30.9. The Bertz CT molecular complexity index is 476. The molecule has 1 aromatic rings. The van der Waals surface area contributed by atoms with E-state index >= 15 is 0 Å². The molecule has 1 atom stereocenters. The van der Waals surface area contributed by atoms with Crippen molar-refractivity contribution >= 4 is 7.60 Å². The van der Waals surface area contributed by atoms with Crippen molar-refractivity contribution in [2.24, 2.45) is 5.92 Å². The van der Waals surface area contributed by atoms with Crippen molar-refractivity contribution < 1.29 is 55.2 Å². The molecule has 1 rings (SSSR count). The van der Waals surface area contributed by atoms with Crippen LogP contribution in [0.4, 0.5) is 0 Å². The minimum absolute atomic E-state index is 0. The summed E-state index contributed by atoms with van der Waals surface area (Å²) in [7, 11) is -3.78. The zero-order valence-electron chi connectivity index (χ0n) is 18.3. The van der Waals surface area contributed by atoms with Gasteiger partial charge in [-0.2, -0.15) is 35.9 Å². The van der Waals surface area contributed by atoms with Crippen LogP contribution >= 0.6 is 7.60 Å². The molecule has 0 bridgehead atoms. The van der Waals surface area contributed by atoms with Gasteiger partial charge >= 0.3 is 7.60 Å². The summed E-state index contributed by atoms with van der Waals surface area (Å²) in [6, 6.07) is 11.4. The zero-order chi connectivity index (χ0) is 20.4. The van der Waals surface area contributed by atoms with Gasteiger partial charge in [0.25, 0.3) is 0 Å². The van der Waals surface area contributed by atoms with Gasteiger partial charge in [0, 0.05) is 40.8 Å². The van der Waals surface area contributed by atoms with E-state index in [-0.39, 0.29) is 52.9 Å². The van der Waals surface area contributed by atoms with E-state index in [0.29, 0.717) is 0 Å². The van der Waals surface area contributed by atoms with Crippen molar-refractivity contribution in [3.8, 4) is 0 Å². The van der Waals surface area contributed by atoms with E-state index in [1.807, 2.05) is 19.1 Å². The van der Waals surface area contributed by atoms with E-state index in [4.69, 9.17) is 9.79 Å². The third kappa shape index (κ3) is 21.4. The van der Waals surface area contributed by atoms with Gasteiger partial charge in [0.1, 0.15) is 0 Å². The summed E-state index contributed by atoms with van der Waals surface area (Å²) in [5.41, 5.74) is 1.46. The van der Waals surface area contributed by atoms with Gasteiger partial charge in [-0.25, -0.2) is 0 Å². The third-order valence-electron chi connectivity index (χ3n) is 4.90. The number of aryl methyl sites for hydroxylation is 1. The molecule has 28 heavy (non-hydrogen) atoms. The smallest absolute Gasteiger partial charge is 0.324 e. The molecule has 0 aromatic heterocycles. The van der Waals surface area contributed by atoms with Crippen LogP contribution in [0, 0.1) is 52.8 Å². The minimum Gasteiger partial charge on any atom is -0.324 e. The van der Waals surface area contributed by atoms with E-state index in [1.165, 1.54) is 56.9 Å². The Morgan fingerprint density at radius 1 is 0.893 bits per heavy atom. The van der Waals surface area contributed by atoms with Crippen LogP contribution in [0.3, 0.4) is 0 Å². The van der Waals surface area contributed by atoms with E-state index in [2.05, 4.69) is 32.0 Å². The summed E-state index contributed by atoms with van der Waals surface area (Å²) in [5.74, 6) is 0.200. The molecule has 0 aliphatic carbocycles. The molecule has 0 fully saturated rings. The van der Waals surface area contributed by atoms with Crippen LogP contribution in [-0.4, -0.2) is 15.9 Å². The number of hydrogen-bond acceptors (Lipinski definition) is 1. The fourth-order valence-corrected chi connectivity index (χ4v) is 4.24. The molecule has 0 aliphatic rings. The Balaban J connectivity index is 0. The summed E-state index contributed by atoms with van der Waals surface area (Å²) in [6.45, 7) is 6.34. The molecule has 0 saturated heterocycles. The maximum absolute atomic E-state index is 10.7. The Morgan fingerprint density at radius 3 is 1.93 bits per heavy atom. The second-order valence-corrected chi connectivity index (χ2v) is 9.24. The zero-order valence-corrected chi connectivity index (χ0v) is 22.4. The predicted octanol–water partition coefficient (Wildman–Crippen LogP) is 7.16. The molecule has 0 saturated carbocycles. The predicted molar refractivity (Wildman–Crippen MR) is 117 cm³/mol. The largest absolute Gasteiger partial charge is 0.325 e. The summed E-state index contributed by atoms with van der Waals surface area (Å²) in [4.78, 5) is 17.5. The Labute approximate surface area is 207 Å². The van der Waals surface area contributed by atoms with Crippen molar-refractivity contribution in [3.05, 3.63) is 35.9 Å². The van der Waals surface area contributed by atoms with Crippen molar-refractivity contribution in [2.45, 2.75) is 97.8 Å². The van der Waals surface area contributed by atoms with Crippen molar-refractivity contribution in [3.63, 3.8) is 0 Å². The molecule has 2 N–H and O–H groups in total. The van der Waals surface area contributed by atoms with Crippen LogP contribution in [0.5, 0.6) is 0 Å². The Kier molecular flexibility index (Phi) is 23.2. The molecule has 5 heteroatoms. The topological polar surface area (TPSA) is 57.5 Å². The standard InChI is InChI=1S/C15H23.C8H19O3P.Nd/c1-2-3-4-5-6-7-9-12-15-13-10-8-11-14-15;1-3-5-6-8(4-2)7-12(9,10)11;/h10-11,13-14H,2-7,9,12H2,1H3;8H,3-7H2,1-2H3,(H2,9,10,11);/q-1;;. The van der Waals surface area contributed by atoms with E-state index in [9.17, 15) is 4.57 Å². The van der Waals surface area contributed by atoms with Gasteiger partial charge in [-0.15, -0.1) is 0 Å². The van der Waals surface area contributed by atoms with Crippen molar-refractivity contribution in [1.82, 2.24) is 0 Å². The third-order valence-corrected chi connectivity index (χ3v) is 5.89. The Morgan fingerprint density at radius 2 is 1.43 bits per heavy atom. The normalized spacial score (nSPS) is 11.9. The van der Waals surface area contributed by atoms with Gasteiger partial charge in [-0.1, -0.05) is 91.4 Å². The maximum Gasteiger partial charge on any atom is 0.325 e. The molecule has 0 spiro atoms. The van der Waals surface area contributed by atoms with E-state index in [0.717, 1.165) is 25.7 Å². The average Bonchev–Trinajstić information content (AvgIpc) is 2.65. The molecule has 1 unspecified atom stereocenters. The van der Waals surface area contributed by atoms with Crippen LogP contribution < -0.4 is 0 Å². The number of benzene rings is 1. The second-order valence-electron chi connectivity index (χ2n) is 7.54. The van der Waals surface area contributed by atoms with Gasteiger partial charge in [-0.3, -0.25) is 4.57 Å². The SMILES string of the molecule is CCCCC(CC)CP(=O)(O)O.CCCCCCCCCc1cc[c-]cc1.[Nd]. The van der Waals surface area contributed by atoms with Gasteiger partial charge in [0.15, 0.2) is 0 Å². The van der Waals surface area contributed by atoms with Gasteiger partial charge in [-0.05, 0) is 12.3 Å². The van der Waals surface area contributed by atoms with Crippen LogP contribution in [0.2, 0.25) is 0 Å². The van der Waals surface area contributed by atoms with Gasteiger partial charge in [0.2, 0.25) is 0 Å². The Hall–Kier alpha value is 0.721. The first-order valence-electron chi connectivity index (χ1n) is 10.9. The summed E-state index contributed by atoms with van der Waals surface area (Å²) >= 11 is 0. The molecular weight excluding hydrogens is 499 g/mol. The average molecular weight is 542 g/mol. The fraction of sp³-hybridized carbons (Fsp3) is 0.739. The number of unbranched alkanes of at least 4 members (excludes halogenated alkanes) is 7. The molecule has 162 valence electrons. The first-order chi connectivity index (χ1) is 12.9. The molecule has 3 nitrogen and oxygen atoms in total. The second kappa shape index (κ2) is 21.0. The number of hydrogen-bond donors (Lipinski definition) is 2. The van der Waals surface area contributed by atoms with Crippen LogP contribution in [-0.2, 0) is 11.0 Å². The summed E-state index contributed by atoms with van der Waals surface area (Å²) < 4.78 is 10.7. The number of rotatable bonds is 14. The quantitative estimate of drug-likeness (QED) is 0.149. The summed E-state index contributed by atoms with van der Waals surface area (Å²) in [5, 5.41) is 0. The van der Waals surface area contributed by atoms with Crippen molar-refractivity contribution in [1.29, 1.82) is 0 Å². The van der Waals surface area contributed by atoms with E-state index in [1.54, 1.807) is 0 Å². The molecule has 0 radical (unpaired) electrons. The van der Waals surface area contributed by atoms with E-state index < -0.39 is 7.60 Å². The van der Waals surface area contributed by atoms with Gasteiger partial charge in [0.05, 0.1) is 6.16 Å². The molecule has 0 heterocycles.